The summed E-state index contributed by atoms with van der Waals surface area (Å²) >= 11 is 0. The first-order chi connectivity index (χ1) is 11.5. The van der Waals surface area contributed by atoms with Crippen molar-refractivity contribution in [1.29, 1.82) is 0 Å². The van der Waals surface area contributed by atoms with Gasteiger partial charge in [0.05, 0.1) is 27.8 Å². The van der Waals surface area contributed by atoms with Crippen molar-refractivity contribution >= 4 is 11.6 Å². The van der Waals surface area contributed by atoms with Crippen LogP contribution in [-0.4, -0.2) is 27.2 Å². The molecule has 2 aromatic rings. The van der Waals surface area contributed by atoms with Crippen molar-refractivity contribution in [1.82, 2.24) is 0 Å². The minimum Gasteiger partial charge on any atom is -0.493 e. The Balaban J connectivity index is 2.21. The van der Waals surface area contributed by atoms with Gasteiger partial charge in [0.1, 0.15) is 0 Å². The average molecular weight is 329 g/mol. The van der Waals surface area contributed by atoms with Crippen molar-refractivity contribution in [2.45, 2.75) is 20.3 Å². The first kappa shape index (κ1) is 17.7. The number of rotatable bonds is 6. The number of benzene rings is 2. The fourth-order valence-electron chi connectivity index (χ4n) is 2.49. The number of carbonyl (C=O) groups is 1. The van der Waals surface area contributed by atoms with Gasteiger partial charge in [0.15, 0.2) is 11.5 Å². The number of ether oxygens (including phenoxy) is 3. The molecule has 0 aliphatic rings. The van der Waals surface area contributed by atoms with Crippen LogP contribution in [0.1, 0.15) is 16.7 Å². The van der Waals surface area contributed by atoms with Gasteiger partial charge in [-0.1, -0.05) is 12.1 Å². The van der Waals surface area contributed by atoms with Crippen LogP contribution in [0.15, 0.2) is 30.3 Å². The first-order valence-electron chi connectivity index (χ1n) is 7.64. The molecule has 0 unspecified atom stereocenters. The van der Waals surface area contributed by atoms with E-state index in [1.807, 2.05) is 32.0 Å². The van der Waals surface area contributed by atoms with Gasteiger partial charge in [0.2, 0.25) is 11.7 Å². The molecule has 0 spiro atoms. The Morgan fingerprint density at radius 1 is 0.958 bits per heavy atom. The molecule has 5 heteroatoms. The molecule has 0 radical (unpaired) electrons. The largest absolute Gasteiger partial charge is 0.493 e. The van der Waals surface area contributed by atoms with E-state index in [1.54, 1.807) is 33.5 Å². The second-order valence-corrected chi connectivity index (χ2v) is 5.58. The Bertz CT molecular complexity index is 715. The summed E-state index contributed by atoms with van der Waals surface area (Å²) in [5.41, 5.74) is 3.74. The number of methoxy groups -OCH3 is 3. The fraction of sp³-hybridized carbons (Fsp3) is 0.316. The number of carbonyl (C=O) groups excluding carboxylic acids is 1. The van der Waals surface area contributed by atoms with Crippen LogP contribution in [-0.2, 0) is 11.2 Å². The van der Waals surface area contributed by atoms with Gasteiger partial charge >= 0.3 is 0 Å². The van der Waals surface area contributed by atoms with Crippen molar-refractivity contribution in [3.05, 3.63) is 47.0 Å². The molecule has 5 nitrogen and oxygen atoms in total. The van der Waals surface area contributed by atoms with E-state index in [0.29, 0.717) is 17.2 Å². The molecule has 2 aromatic carbocycles. The minimum absolute atomic E-state index is 0.0991. The third-order valence-corrected chi connectivity index (χ3v) is 3.76. The fourth-order valence-corrected chi connectivity index (χ4v) is 2.49. The number of hydrogen-bond acceptors (Lipinski definition) is 4. The first-order valence-corrected chi connectivity index (χ1v) is 7.64. The summed E-state index contributed by atoms with van der Waals surface area (Å²) in [5.74, 6) is 1.48. The summed E-state index contributed by atoms with van der Waals surface area (Å²) in [4.78, 5) is 12.4. The minimum atomic E-state index is -0.0991. The molecule has 128 valence electrons. The number of aryl methyl sites for hydroxylation is 2. The number of hydrogen-bond donors (Lipinski definition) is 1. The third-order valence-electron chi connectivity index (χ3n) is 3.76. The Morgan fingerprint density at radius 3 is 2.12 bits per heavy atom. The Labute approximate surface area is 142 Å². The monoisotopic (exact) mass is 329 g/mol. The number of nitrogens with one attached hydrogen (secondary N) is 1. The molecular formula is C19H23NO4. The summed E-state index contributed by atoms with van der Waals surface area (Å²) < 4.78 is 15.9. The van der Waals surface area contributed by atoms with Crippen LogP contribution >= 0.6 is 0 Å². The normalized spacial score (nSPS) is 10.2. The van der Waals surface area contributed by atoms with E-state index in [9.17, 15) is 4.79 Å². The van der Waals surface area contributed by atoms with Crippen molar-refractivity contribution in [3.8, 4) is 17.2 Å². The Kier molecular flexibility index (Phi) is 5.68. The predicted octanol–water partition coefficient (Wildman–Crippen LogP) is 3.51. The molecule has 0 saturated carbocycles. The zero-order chi connectivity index (χ0) is 17.7. The average Bonchev–Trinajstić information content (AvgIpc) is 2.57. The second-order valence-electron chi connectivity index (χ2n) is 5.58. The van der Waals surface area contributed by atoms with Crippen molar-refractivity contribution in [2.24, 2.45) is 0 Å². The Morgan fingerprint density at radius 2 is 1.58 bits per heavy atom. The van der Waals surface area contributed by atoms with E-state index in [2.05, 4.69) is 5.32 Å². The van der Waals surface area contributed by atoms with Gasteiger partial charge < -0.3 is 19.5 Å². The lowest BCUT2D eigenvalue weighted by atomic mass is 10.1. The molecular weight excluding hydrogens is 306 g/mol. The van der Waals surface area contributed by atoms with E-state index in [4.69, 9.17) is 14.2 Å². The number of amides is 1. The topological polar surface area (TPSA) is 56.8 Å². The van der Waals surface area contributed by atoms with Gasteiger partial charge in [-0.15, -0.1) is 0 Å². The van der Waals surface area contributed by atoms with Crippen LogP contribution in [0.3, 0.4) is 0 Å². The molecule has 24 heavy (non-hydrogen) atoms. The number of anilines is 1. The zero-order valence-corrected chi connectivity index (χ0v) is 14.7. The summed E-state index contributed by atoms with van der Waals surface area (Å²) in [7, 11) is 4.65. The summed E-state index contributed by atoms with van der Waals surface area (Å²) in [6.45, 7) is 3.96. The summed E-state index contributed by atoms with van der Waals surface area (Å²) in [6.07, 6.45) is 0.212. The van der Waals surface area contributed by atoms with Crippen LogP contribution in [0.5, 0.6) is 17.2 Å². The summed E-state index contributed by atoms with van der Waals surface area (Å²) in [6, 6.07) is 9.53. The van der Waals surface area contributed by atoms with Gasteiger partial charge in [-0.25, -0.2) is 0 Å². The highest BCUT2D eigenvalue weighted by Gasteiger charge is 2.15. The lowest BCUT2D eigenvalue weighted by Gasteiger charge is -2.14. The van der Waals surface area contributed by atoms with Gasteiger partial charge in [-0.2, -0.15) is 0 Å². The van der Waals surface area contributed by atoms with Crippen molar-refractivity contribution in [2.75, 3.05) is 26.6 Å². The SMILES string of the molecule is COc1cc(CC(=O)Nc2cc(C)ccc2C)cc(OC)c1OC. The molecule has 1 amide bonds. The van der Waals surface area contributed by atoms with E-state index in [0.717, 1.165) is 22.4 Å². The zero-order valence-electron chi connectivity index (χ0n) is 14.7. The maximum Gasteiger partial charge on any atom is 0.228 e. The van der Waals surface area contributed by atoms with Gasteiger partial charge in [0.25, 0.3) is 0 Å². The third kappa shape index (κ3) is 3.98. The van der Waals surface area contributed by atoms with Crippen LogP contribution < -0.4 is 19.5 Å². The van der Waals surface area contributed by atoms with E-state index in [-0.39, 0.29) is 12.3 Å². The van der Waals surface area contributed by atoms with Gasteiger partial charge in [0, 0.05) is 5.69 Å². The second kappa shape index (κ2) is 7.73. The molecule has 0 aromatic heterocycles. The maximum atomic E-state index is 12.4. The van der Waals surface area contributed by atoms with Gasteiger partial charge in [-0.05, 0) is 48.7 Å². The Hall–Kier alpha value is -2.69. The standard InChI is InChI=1S/C19H23NO4/c1-12-6-7-13(2)15(8-12)20-18(21)11-14-9-16(22-3)19(24-5)17(10-14)23-4/h6-10H,11H2,1-5H3,(H,20,21). The molecule has 1 N–H and O–H groups in total. The molecule has 0 fully saturated rings. The lowest BCUT2D eigenvalue weighted by molar-refractivity contribution is -0.115. The molecule has 0 atom stereocenters. The molecule has 2 rings (SSSR count). The highest BCUT2D eigenvalue weighted by molar-refractivity contribution is 5.93. The highest BCUT2D eigenvalue weighted by Crippen LogP contribution is 2.38. The molecule has 0 aliphatic heterocycles. The van der Waals surface area contributed by atoms with Crippen LogP contribution in [0, 0.1) is 13.8 Å². The van der Waals surface area contributed by atoms with Crippen LogP contribution in [0.2, 0.25) is 0 Å². The van der Waals surface area contributed by atoms with E-state index in [1.165, 1.54) is 0 Å². The molecule has 0 saturated heterocycles. The van der Waals surface area contributed by atoms with E-state index < -0.39 is 0 Å². The van der Waals surface area contributed by atoms with Gasteiger partial charge in [-0.3, -0.25) is 4.79 Å². The lowest BCUT2D eigenvalue weighted by Crippen LogP contribution is -2.15. The summed E-state index contributed by atoms with van der Waals surface area (Å²) in [5, 5.41) is 2.95. The molecule has 0 aliphatic carbocycles. The molecule has 0 heterocycles. The van der Waals surface area contributed by atoms with E-state index >= 15 is 0 Å². The maximum absolute atomic E-state index is 12.4. The van der Waals surface area contributed by atoms with Crippen LogP contribution in [0.4, 0.5) is 5.69 Å². The smallest absolute Gasteiger partial charge is 0.228 e. The quantitative estimate of drug-likeness (QED) is 0.881. The molecule has 0 bridgehead atoms. The van der Waals surface area contributed by atoms with Crippen LogP contribution in [0.25, 0.3) is 0 Å². The highest BCUT2D eigenvalue weighted by atomic mass is 16.5. The van der Waals surface area contributed by atoms with Crippen molar-refractivity contribution < 1.29 is 19.0 Å². The predicted molar refractivity (Wildman–Crippen MR) is 94.3 cm³/mol. The van der Waals surface area contributed by atoms with Crippen molar-refractivity contribution in [3.63, 3.8) is 0 Å².